The zero-order chi connectivity index (χ0) is 24.7. The molecule has 0 aliphatic heterocycles. The second-order valence-electron chi connectivity index (χ2n) is 7.27. The molecule has 3 rings (SSSR count). The van der Waals surface area contributed by atoms with E-state index in [0.717, 1.165) is 5.56 Å². The first kappa shape index (κ1) is 24.2. The molecule has 0 unspecified atom stereocenters. The van der Waals surface area contributed by atoms with E-state index in [0.29, 0.717) is 11.4 Å². The van der Waals surface area contributed by atoms with Crippen molar-refractivity contribution in [2.24, 2.45) is 0 Å². The Balaban J connectivity index is 1.85. The van der Waals surface area contributed by atoms with Gasteiger partial charge in [0.2, 0.25) is 5.91 Å². The van der Waals surface area contributed by atoms with Gasteiger partial charge in [0.15, 0.2) is 0 Å². The third-order valence-electron chi connectivity index (χ3n) is 4.52. The highest BCUT2D eigenvalue weighted by molar-refractivity contribution is 7.87. The molecule has 0 atom stereocenters. The first-order chi connectivity index (χ1) is 16.2. The highest BCUT2D eigenvalue weighted by atomic mass is 32.2. The molecule has 0 aliphatic carbocycles. The van der Waals surface area contributed by atoms with Gasteiger partial charge in [-0.05, 0) is 61.0 Å². The second kappa shape index (κ2) is 10.5. The number of hydrogen-bond acceptors (Lipinski definition) is 6. The lowest BCUT2D eigenvalue weighted by molar-refractivity contribution is -0.114. The van der Waals surface area contributed by atoms with Crippen molar-refractivity contribution in [2.45, 2.75) is 18.7 Å². The number of hydrogen-bond donors (Lipinski definition) is 2. The van der Waals surface area contributed by atoms with Gasteiger partial charge in [-0.1, -0.05) is 30.3 Å². The van der Waals surface area contributed by atoms with Crippen molar-refractivity contribution in [3.05, 3.63) is 89.5 Å². The van der Waals surface area contributed by atoms with Crippen LogP contribution >= 0.6 is 0 Å². The van der Waals surface area contributed by atoms with Gasteiger partial charge in [-0.25, -0.2) is 0 Å². The van der Waals surface area contributed by atoms with Gasteiger partial charge in [0.25, 0.3) is 5.91 Å². The number of amides is 2. The number of nitriles is 1. The molecule has 2 amide bonds. The smallest absolute Gasteiger partial charge is 0.339 e. The summed E-state index contributed by atoms with van der Waals surface area (Å²) in [5, 5.41) is 14.7. The van der Waals surface area contributed by atoms with Gasteiger partial charge in [-0.2, -0.15) is 13.7 Å². The number of carbonyl (C=O) groups is 2. The largest absolute Gasteiger partial charge is 0.378 e. The van der Waals surface area contributed by atoms with Gasteiger partial charge in [0.05, 0.1) is 0 Å². The molecular weight excluding hydrogens is 454 g/mol. The molecule has 34 heavy (non-hydrogen) atoms. The molecule has 172 valence electrons. The zero-order valence-electron chi connectivity index (χ0n) is 18.4. The van der Waals surface area contributed by atoms with Crippen molar-refractivity contribution in [3.8, 4) is 11.8 Å². The SMILES string of the molecule is CC(=O)Nc1ccc(S(=O)(=O)Oc2ccccc2/C=C(\C#N)C(=O)Nc2cccc(C)c2)cc1. The molecule has 3 aromatic carbocycles. The molecule has 0 saturated carbocycles. The monoisotopic (exact) mass is 475 g/mol. The summed E-state index contributed by atoms with van der Waals surface area (Å²) >= 11 is 0. The number of aryl methyl sites for hydroxylation is 1. The van der Waals surface area contributed by atoms with Crippen LogP contribution in [-0.2, 0) is 19.7 Å². The number of para-hydroxylation sites is 1. The van der Waals surface area contributed by atoms with Crippen molar-refractivity contribution in [3.63, 3.8) is 0 Å². The molecule has 8 nitrogen and oxygen atoms in total. The molecule has 0 spiro atoms. The fourth-order valence-corrected chi connectivity index (χ4v) is 3.93. The molecular formula is C25H21N3O5S. The van der Waals surface area contributed by atoms with E-state index in [-0.39, 0.29) is 27.7 Å². The lowest BCUT2D eigenvalue weighted by Gasteiger charge is -2.11. The summed E-state index contributed by atoms with van der Waals surface area (Å²) in [5.74, 6) is -0.976. The third-order valence-corrected chi connectivity index (χ3v) is 5.77. The Bertz CT molecular complexity index is 1400. The van der Waals surface area contributed by atoms with E-state index in [9.17, 15) is 23.3 Å². The van der Waals surface area contributed by atoms with Gasteiger partial charge in [-0.15, -0.1) is 0 Å². The Kier molecular flexibility index (Phi) is 7.46. The first-order valence-corrected chi connectivity index (χ1v) is 11.5. The lowest BCUT2D eigenvalue weighted by Crippen LogP contribution is -2.14. The number of nitrogens with one attached hydrogen (secondary N) is 2. The summed E-state index contributed by atoms with van der Waals surface area (Å²) in [6, 6.07) is 20.6. The Hall–Kier alpha value is -4.42. The molecule has 0 heterocycles. The predicted octanol–water partition coefficient (Wildman–Crippen LogP) is 4.27. The molecule has 0 aliphatic rings. The highest BCUT2D eigenvalue weighted by Crippen LogP contribution is 2.26. The number of nitrogens with zero attached hydrogens (tertiary/aromatic N) is 1. The molecule has 0 saturated heterocycles. The Labute approximate surface area is 197 Å². The van der Waals surface area contributed by atoms with E-state index in [4.69, 9.17) is 4.18 Å². The van der Waals surface area contributed by atoms with Gasteiger partial charge in [0.1, 0.15) is 22.3 Å². The van der Waals surface area contributed by atoms with Crippen LogP contribution in [0.5, 0.6) is 5.75 Å². The Morgan fingerprint density at radius 2 is 1.65 bits per heavy atom. The summed E-state index contributed by atoms with van der Waals surface area (Å²) < 4.78 is 30.8. The molecule has 0 fully saturated rings. The predicted molar refractivity (Wildman–Crippen MR) is 128 cm³/mol. The van der Waals surface area contributed by atoms with Crippen molar-refractivity contribution < 1.29 is 22.2 Å². The van der Waals surface area contributed by atoms with E-state index in [2.05, 4.69) is 10.6 Å². The molecule has 0 aromatic heterocycles. The van der Waals surface area contributed by atoms with Gasteiger partial charge in [0, 0.05) is 23.9 Å². The quantitative estimate of drug-likeness (QED) is 0.299. The van der Waals surface area contributed by atoms with E-state index in [1.54, 1.807) is 30.3 Å². The maximum atomic E-state index is 12.8. The van der Waals surface area contributed by atoms with E-state index in [1.165, 1.54) is 49.4 Å². The van der Waals surface area contributed by atoms with Crippen molar-refractivity contribution in [2.75, 3.05) is 10.6 Å². The summed E-state index contributed by atoms with van der Waals surface area (Å²) in [7, 11) is -4.22. The van der Waals surface area contributed by atoms with Gasteiger partial charge in [-0.3, -0.25) is 9.59 Å². The van der Waals surface area contributed by atoms with Crippen LogP contribution in [0.25, 0.3) is 6.08 Å². The van der Waals surface area contributed by atoms with Gasteiger partial charge >= 0.3 is 10.1 Å². The van der Waals surface area contributed by atoms with Crippen LogP contribution in [0.3, 0.4) is 0 Å². The minimum absolute atomic E-state index is 0.0513. The number of rotatable bonds is 7. The molecule has 0 bridgehead atoms. The normalized spacial score (nSPS) is 11.3. The van der Waals surface area contributed by atoms with Crippen LogP contribution < -0.4 is 14.8 Å². The average molecular weight is 476 g/mol. The fraction of sp³-hybridized carbons (Fsp3) is 0.0800. The number of carbonyl (C=O) groups excluding carboxylic acids is 2. The van der Waals surface area contributed by atoms with Gasteiger partial charge < -0.3 is 14.8 Å². The van der Waals surface area contributed by atoms with Crippen molar-refractivity contribution >= 4 is 39.4 Å². The molecule has 0 radical (unpaired) electrons. The summed E-state index contributed by atoms with van der Waals surface area (Å²) in [5.41, 5.74) is 1.91. The summed E-state index contributed by atoms with van der Waals surface area (Å²) in [4.78, 5) is 23.6. The van der Waals surface area contributed by atoms with Crippen LogP contribution in [-0.4, -0.2) is 20.2 Å². The van der Waals surface area contributed by atoms with Crippen molar-refractivity contribution in [1.29, 1.82) is 5.26 Å². The topological polar surface area (TPSA) is 125 Å². The maximum absolute atomic E-state index is 12.8. The van der Waals surface area contributed by atoms with Crippen LogP contribution in [0, 0.1) is 18.3 Å². The van der Waals surface area contributed by atoms with E-state index >= 15 is 0 Å². The Morgan fingerprint density at radius 3 is 2.29 bits per heavy atom. The zero-order valence-corrected chi connectivity index (χ0v) is 19.2. The number of anilines is 2. The minimum atomic E-state index is -4.22. The number of benzene rings is 3. The van der Waals surface area contributed by atoms with Crippen molar-refractivity contribution in [1.82, 2.24) is 0 Å². The van der Waals surface area contributed by atoms with E-state index < -0.39 is 16.0 Å². The maximum Gasteiger partial charge on any atom is 0.339 e. The summed E-state index contributed by atoms with van der Waals surface area (Å²) in [6.45, 7) is 3.22. The van der Waals surface area contributed by atoms with Crippen LogP contribution in [0.4, 0.5) is 11.4 Å². The molecule has 2 N–H and O–H groups in total. The lowest BCUT2D eigenvalue weighted by atomic mass is 10.1. The third kappa shape index (κ3) is 6.31. The van der Waals surface area contributed by atoms with Crippen LogP contribution in [0.15, 0.2) is 83.3 Å². The standard InChI is InChI=1S/C25H21N3O5S/c1-17-6-5-8-22(14-17)28-25(30)20(16-26)15-19-7-3-4-9-24(19)33-34(31,32)23-12-10-21(11-13-23)27-18(2)29/h3-15H,1-2H3,(H,27,29)(H,28,30)/b20-15+. The van der Waals surface area contributed by atoms with Crippen LogP contribution in [0.2, 0.25) is 0 Å². The molecule has 9 heteroatoms. The minimum Gasteiger partial charge on any atom is -0.378 e. The average Bonchev–Trinajstić information content (AvgIpc) is 2.78. The Morgan fingerprint density at radius 1 is 0.941 bits per heavy atom. The second-order valence-corrected chi connectivity index (χ2v) is 8.82. The summed E-state index contributed by atoms with van der Waals surface area (Å²) in [6.07, 6.45) is 1.26. The molecule has 3 aromatic rings. The fourth-order valence-electron chi connectivity index (χ4n) is 2.98. The van der Waals surface area contributed by atoms with Crippen LogP contribution in [0.1, 0.15) is 18.1 Å². The first-order valence-electron chi connectivity index (χ1n) is 10.1. The van der Waals surface area contributed by atoms with E-state index in [1.807, 2.05) is 19.1 Å². The highest BCUT2D eigenvalue weighted by Gasteiger charge is 2.19.